The van der Waals surface area contributed by atoms with Crippen molar-refractivity contribution < 1.29 is 14.5 Å². The Morgan fingerprint density at radius 1 is 1.19 bits per heavy atom. The van der Waals surface area contributed by atoms with Crippen molar-refractivity contribution in [3.63, 3.8) is 0 Å². The molecule has 0 amide bonds. The highest BCUT2D eigenvalue weighted by atomic mass is 28.3. The topological polar surface area (TPSA) is 43.6 Å². The van der Waals surface area contributed by atoms with Crippen molar-refractivity contribution in [2.24, 2.45) is 0 Å². The van der Waals surface area contributed by atoms with Gasteiger partial charge in [0, 0.05) is 31.8 Å². The van der Waals surface area contributed by atoms with Gasteiger partial charge in [-0.05, 0) is 18.6 Å². The number of aliphatic carboxylic acids is 1. The van der Waals surface area contributed by atoms with Crippen molar-refractivity contribution in [1.29, 1.82) is 0 Å². The molecule has 0 spiro atoms. The average Bonchev–Trinajstić information content (AvgIpc) is 2.61. The summed E-state index contributed by atoms with van der Waals surface area (Å²) >= 11 is 0. The first-order chi connectivity index (χ1) is 12.7. The van der Waals surface area contributed by atoms with Gasteiger partial charge >= 0.3 is 5.97 Å². The van der Waals surface area contributed by atoms with Crippen LogP contribution in [0.2, 0.25) is 13.1 Å². The highest BCUT2D eigenvalue weighted by Gasteiger charge is 2.27. The highest BCUT2D eigenvalue weighted by molar-refractivity contribution is 6.97. The maximum Gasteiger partial charge on any atom is 0.303 e. The van der Waals surface area contributed by atoms with Crippen LogP contribution in [0.3, 0.4) is 0 Å². The summed E-state index contributed by atoms with van der Waals surface area (Å²) in [6.45, 7) is 5.59. The molecule has 0 bridgehead atoms. The molecule has 2 aliphatic rings. The van der Waals surface area contributed by atoms with Crippen LogP contribution in [0.1, 0.15) is 18.4 Å². The van der Waals surface area contributed by atoms with Crippen molar-refractivity contribution in [3.8, 4) is 0 Å². The fraction of sp³-hybridized carbons (Fsp3) is 0.364. The second kappa shape index (κ2) is 7.31. The number of carboxylic acid groups (broad SMARTS) is 1. The molecule has 3 rings (SSSR count). The van der Waals surface area contributed by atoms with Gasteiger partial charge in [0.1, 0.15) is 14.1 Å². The molecular weight excluding hydrogens is 352 g/mol. The zero-order chi connectivity index (χ0) is 19.8. The van der Waals surface area contributed by atoms with Gasteiger partial charge < -0.3 is 10.0 Å². The number of hydrogen-bond acceptors (Lipinski definition) is 2. The lowest BCUT2D eigenvalue weighted by molar-refractivity contribution is -0.462. The molecular formula is C22H29N2O2Si. The number of hydrogen-bond donors (Lipinski definition) is 1. The Morgan fingerprint density at radius 3 is 2.59 bits per heavy atom. The summed E-state index contributed by atoms with van der Waals surface area (Å²) < 4.78 is 2.16. The first kappa shape index (κ1) is 19.4. The van der Waals surface area contributed by atoms with Crippen molar-refractivity contribution >= 4 is 36.7 Å². The first-order valence-electron chi connectivity index (χ1n) is 9.44. The maximum absolute atomic E-state index is 10.8. The average molecular weight is 382 g/mol. The van der Waals surface area contributed by atoms with Crippen molar-refractivity contribution in [3.05, 3.63) is 52.8 Å². The molecule has 1 aromatic carbocycles. The predicted molar refractivity (Wildman–Crippen MR) is 116 cm³/mol. The van der Waals surface area contributed by atoms with E-state index in [0.717, 1.165) is 6.54 Å². The van der Waals surface area contributed by atoms with E-state index in [-0.39, 0.29) is 6.42 Å². The lowest BCUT2D eigenvalue weighted by Gasteiger charge is -2.45. The molecule has 1 aliphatic carbocycles. The van der Waals surface area contributed by atoms with Crippen LogP contribution >= 0.6 is 0 Å². The smallest absolute Gasteiger partial charge is 0.303 e. The number of carboxylic acids is 1. The zero-order valence-electron chi connectivity index (χ0n) is 16.9. The van der Waals surface area contributed by atoms with E-state index in [1.807, 2.05) is 7.05 Å². The summed E-state index contributed by atoms with van der Waals surface area (Å²) in [7, 11) is 4.40. The summed E-state index contributed by atoms with van der Waals surface area (Å²) in [4.78, 5) is 12.9. The van der Waals surface area contributed by atoms with Crippen molar-refractivity contribution in [1.82, 2.24) is 0 Å². The Balaban J connectivity index is 1.96. The third-order valence-corrected chi connectivity index (χ3v) is 9.13. The summed E-state index contributed by atoms with van der Waals surface area (Å²) in [5.74, 6) is -0.731. The molecule has 0 atom stereocenters. The lowest BCUT2D eigenvalue weighted by Crippen LogP contribution is -2.48. The SMILES string of the molecule is CN(CCCC(=O)O)c1ccc2c(c1)[Si-](C)(C)C1=CC(=[N+](C)C)C=CC1=C2. The molecule has 0 aromatic heterocycles. The van der Waals surface area contributed by atoms with Crippen LogP contribution in [0.25, 0.3) is 6.08 Å². The van der Waals surface area contributed by atoms with E-state index in [0.29, 0.717) is 6.42 Å². The van der Waals surface area contributed by atoms with E-state index in [4.69, 9.17) is 5.11 Å². The molecule has 1 N–H and O–H groups in total. The van der Waals surface area contributed by atoms with Gasteiger partial charge in [-0.1, -0.05) is 43.5 Å². The minimum Gasteiger partial charge on any atom is -0.481 e. The van der Waals surface area contributed by atoms with Gasteiger partial charge in [-0.15, -0.1) is 0 Å². The molecule has 0 radical (unpaired) electrons. The minimum atomic E-state index is -1.81. The second-order valence-electron chi connectivity index (χ2n) is 8.13. The lowest BCUT2D eigenvalue weighted by atomic mass is 10.0. The first-order valence-corrected chi connectivity index (χ1v) is 12.4. The van der Waals surface area contributed by atoms with Gasteiger partial charge in [-0.2, -0.15) is 23.5 Å². The largest absolute Gasteiger partial charge is 0.481 e. The number of anilines is 1. The van der Waals surface area contributed by atoms with Crippen LogP contribution < -0.4 is 10.1 Å². The summed E-state index contributed by atoms with van der Waals surface area (Å²) in [5, 5.41) is 11.8. The standard InChI is InChI=1S/C22H28N2O2Si/c1-23(2)18-10-8-16-13-17-9-11-19(24(3)12-6-7-22(25)26)15-21(17)27(4,5)20(16)14-18/h8-11,13-15H,6-7,12H2,1-5H3/q-1/p+1. The number of benzene rings is 1. The Morgan fingerprint density at radius 2 is 1.93 bits per heavy atom. The molecule has 1 heterocycles. The number of rotatable bonds is 5. The molecule has 0 saturated carbocycles. The van der Waals surface area contributed by atoms with E-state index in [9.17, 15) is 4.79 Å². The maximum atomic E-state index is 10.8. The summed E-state index contributed by atoms with van der Waals surface area (Å²) in [5.41, 5.74) is 5.07. The number of allylic oxidation sites excluding steroid dienone is 5. The molecule has 27 heavy (non-hydrogen) atoms. The predicted octanol–water partition coefficient (Wildman–Crippen LogP) is 3.05. The quantitative estimate of drug-likeness (QED) is 0.630. The van der Waals surface area contributed by atoms with Crippen LogP contribution in [-0.4, -0.2) is 57.1 Å². The van der Waals surface area contributed by atoms with Crippen LogP contribution in [-0.2, 0) is 4.79 Å². The second-order valence-corrected chi connectivity index (χ2v) is 12.5. The van der Waals surface area contributed by atoms with Crippen LogP contribution in [0.15, 0.2) is 47.2 Å². The van der Waals surface area contributed by atoms with E-state index >= 15 is 0 Å². The van der Waals surface area contributed by atoms with Crippen molar-refractivity contribution in [2.45, 2.75) is 25.9 Å². The Kier molecular flexibility index (Phi) is 5.24. The summed E-state index contributed by atoms with van der Waals surface area (Å²) in [6.07, 6.45) is 9.96. The van der Waals surface area contributed by atoms with E-state index < -0.39 is 14.0 Å². The monoisotopic (exact) mass is 381 g/mol. The fourth-order valence-corrected chi connectivity index (χ4v) is 6.91. The molecule has 0 unspecified atom stereocenters. The fourth-order valence-electron chi connectivity index (χ4n) is 3.85. The zero-order valence-corrected chi connectivity index (χ0v) is 17.9. The van der Waals surface area contributed by atoms with Crippen LogP contribution in [0.5, 0.6) is 0 Å². The molecule has 5 heteroatoms. The molecule has 0 saturated heterocycles. The number of fused-ring (bicyclic) bond motifs is 2. The van der Waals surface area contributed by atoms with Crippen LogP contribution in [0.4, 0.5) is 5.69 Å². The van der Waals surface area contributed by atoms with Gasteiger partial charge in [-0.3, -0.25) is 4.79 Å². The molecule has 143 valence electrons. The van der Waals surface area contributed by atoms with E-state index in [1.54, 1.807) is 0 Å². The molecule has 1 aliphatic heterocycles. The molecule has 1 aromatic rings. The third kappa shape index (κ3) is 3.83. The van der Waals surface area contributed by atoms with E-state index in [1.165, 1.54) is 32.9 Å². The van der Waals surface area contributed by atoms with Gasteiger partial charge in [0.2, 0.25) is 0 Å². The van der Waals surface area contributed by atoms with E-state index in [2.05, 4.69) is 79.2 Å². The number of nitrogens with zero attached hydrogens (tertiary/aromatic N) is 2. The van der Waals surface area contributed by atoms with Crippen LogP contribution in [0, 0.1) is 0 Å². The van der Waals surface area contributed by atoms with Gasteiger partial charge in [0.05, 0.1) is 0 Å². The summed E-state index contributed by atoms with van der Waals surface area (Å²) in [6, 6.07) is 6.69. The van der Waals surface area contributed by atoms with Crippen molar-refractivity contribution in [2.75, 3.05) is 32.6 Å². The molecule has 4 nitrogen and oxygen atoms in total. The van der Waals surface area contributed by atoms with Gasteiger partial charge in [0.25, 0.3) is 0 Å². The number of carbonyl (C=O) groups is 1. The third-order valence-electron chi connectivity index (χ3n) is 5.57. The van der Waals surface area contributed by atoms with Gasteiger partial charge in [-0.25, -0.2) is 4.58 Å². The normalized spacial score (nSPS) is 16.9. The minimum absolute atomic E-state index is 0.212. The highest BCUT2D eigenvalue weighted by Crippen LogP contribution is 2.34. The Labute approximate surface area is 162 Å². The van der Waals surface area contributed by atoms with Gasteiger partial charge in [0.15, 0.2) is 5.71 Å². The Hall–Kier alpha value is -2.40. The Bertz CT molecular complexity index is 903. The molecule has 0 fully saturated rings.